The number of nitrogens with zero attached hydrogens (tertiary/aromatic N) is 7. The number of ether oxygens (including phenoxy) is 1. The van der Waals surface area contributed by atoms with Crippen LogP contribution in [0, 0.1) is 0 Å². The van der Waals surface area contributed by atoms with Gasteiger partial charge in [-0.15, -0.1) is 5.10 Å². The van der Waals surface area contributed by atoms with Crippen molar-refractivity contribution in [2.45, 2.75) is 18.4 Å². The largest absolute Gasteiger partial charge is 0.497 e. The minimum Gasteiger partial charge on any atom is -0.497 e. The molecule has 0 amide bonds. The van der Waals surface area contributed by atoms with Crippen LogP contribution in [0.4, 0.5) is 5.82 Å². The summed E-state index contributed by atoms with van der Waals surface area (Å²) < 4.78 is 34.1. The van der Waals surface area contributed by atoms with E-state index < -0.39 is 10.0 Å². The molecule has 0 unspecified atom stereocenters. The molecular formula is C17H21N7O3S. The van der Waals surface area contributed by atoms with Crippen molar-refractivity contribution in [2.75, 3.05) is 38.2 Å². The molecule has 3 heterocycles. The molecule has 0 atom stereocenters. The molecule has 0 saturated carbocycles. The molecular weight excluding hydrogens is 382 g/mol. The summed E-state index contributed by atoms with van der Waals surface area (Å²) in [6.07, 6.45) is 1.49. The van der Waals surface area contributed by atoms with Crippen molar-refractivity contribution < 1.29 is 13.2 Å². The Morgan fingerprint density at radius 2 is 1.79 bits per heavy atom. The van der Waals surface area contributed by atoms with Crippen LogP contribution >= 0.6 is 0 Å². The summed E-state index contributed by atoms with van der Waals surface area (Å²) in [6.45, 7) is 4.39. The van der Waals surface area contributed by atoms with Crippen LogP contribution in [-0.4, -0.2) is 71.0 Å². The van der Waals surface area contributed by atoms with E-state index in [1.807, 2.05) is 11.8 Å². The average Bonchev–Trinajstić information content (AvgIpc) is 3.17. The van der Waals surface area contributed by atoms with Crippen molar-refractivity contribution in [2.24, 2.45) is 0 Å². The molecule has 1 fully saturated rings. The Hall–Kier alpha value is -2.79. The minimum absolute atomic E-state index is 0.261. The first-order chi connectivity index (χ1) is 13.5. The molecule has 148 valence electrons. The number of fused-ring (bicyclic) bond motifs is 1. The lowest BCUT2D eigenvalue weighted by atomic mass is 10.3. The number of piperazine rings is 1. The van der Waals surface area contributed by atoms with Gasteiger partial charge in [0.1, 0.15) is 12.1 Å². The molecule has 28 heavy (non-hydrogen) atoms. The van der Waals surface area contributed by atoms with Gasteiger partial charge >= 0.3 is 0 Å². The topological polar surface area (TPSA) is 106 Å². The normalized spacial score (nSPS) is 15.9. The minimum atomic E-state index is -3.55. The first-order valence-corrected chi connectivity index (χ1v) is 10.4. The van der Waals surface area contributed by atoms with Crippen molar-refractivity contribution >= 4 is 27.0 Å². The maximum absolute atomic E-state index is 12.9. The molecule has 0 bridgehead atoms. The number of sulfonamides is 1. The summed E-state index contributed by atoms with van der Waals surface area (Å²) in [4.78, 5) is 10.9. The summed E-state index contributed by atoms with van der Waals surface area (Å²) in [5.74, 6) is 1.31. The van der Waals surface area contributed by atoms with Crippen LogP contribution in [0.2, 0.25) is 0 Å². The molecule has 0 N–H and O–H groups in total. The Bertz CT molecular complexity index is 1070. The van der Waals surface area contributed by atoms with E-state index in [4.69, 9.17) is 4.74 Å². The molecule has 4 rings (SSSR count). The number of benzene rings is 1. The van der Waals surface area contributed by atoms with Gasteiger partial charge in [0.15, 0.2) is 17.0 Å². The molecule has 3 aromatic rings. The maximum atomic E-state index is 12.9. The lowest BCUT2D eigenvalue weighted by molar-refractivity contribution is 0.384. The Kier molecular flexibility index (Phi) is 4.85. The summed E-state index contributed by atoms with van der Waals surface area (Å²) in [5.41, 5.74) is 1.32. The lowest BCUT2D eigenvalue weighted by Crippen LogP contribution is -2.49. The number of hydrogen-bond donors (Lipinski definition) is 0. The third-order valence-electron chi connectivity index (χ3n) is 4.82. The van der Waals surface area contributed by atoms with Gasteiger partial charge < -0.3 is 9.64 Å². The molecule has 10 nitrogen and oxygen atoms in total. The molecule has 11 heteroatoms. The molecule has 2 aromatic heterocycles. The highest BCUT2D eigenvalue weighted by molar-refractivity contribution is 7.89. The molecule has 0 spiro atoms. The van der Waals surface area contributed by atoms with Gasteiger partial charge in [0.05, 0.1) is 12.0 Å². The zero-order valence-electron chi connectivity index (χ0n) is 15.7. The summed E-state index contributed by atoms with van der Waals surface area (Å²) in [5, 5.41) is 8.30. The fourth-order valence-electron chi connectivity index (χ4n) is 3.26. The zero-order valence-corrected chi connectivity index (χ0v) is 16.5. The molecule has 0 aliphatic carbocycles. The summed E-state index contributed by atoms with van der Waals surface area (Å²) in [7, 11) is -2.00. The predicted molar refractivity (Wildman–Crippen MR) is 103 cm³/mol. The van der Waals surface area contributed by atoms with Crippen LogP contribution < -0.4 is 9.64 Å². The summed E-state index contributed by atoms with van der Waals surface area (Å²) in [6, 6.07) is 6.44. The van der Waals surface area contributed by atoms with E-state index in [0.29, 0.717) is 55.5 Å². The van der Waals surface area contributed by atoms with Crippen LogP contribution in [0.5, 0.6) is 5.75 Å². The van der Waals surface area contributed by atoms with Crippen LogP contribution in [-0.2, 0) is 16.6 Å². The third-order valence-corrected chi connectivity index (χ3v) is 6.73. The second kappa shape index (κ2) is 7.32. The van der Waals surface area contributed by atoms with Gasteiger partial charge in [0, 0.05) is 32.7 Å². The number of aromatic nitrogens is 5. The van der Waals surface area contributed by atoms with Crippen molar-refractivity contribution in [3.8, 4) is 5.75 Å². The second-order valence-electron chi connectivity index (χ2n) is 6.34. The first-order valence-electron chi connectivity index (χ1n) is 8.98. The van der Waals surface area contributed by atoms with E-state index in [2.05, 4.69) is 20.3 Å². The van der Waals surface area contributed by atoms with Gasteiger partial charge in [-0.1, -0.05) is 5.21 Å². The van der Waals surface area contributed by atoms with E-state index in [1.165, 1.54) is 10.6 Å². The maximum Gasteiger partial charge on any atom is 0.243 e. The van der Waals surface area contributed by atoms with E-state index in [9.17, 15) is 8.42 Å². The highest BCUT2D eigenvalue weighted by Gasteiger charge is 2.30. The summed E-state index contributed by atoms with van der Waals surface area (Å²) >= 11 is 0. The molecule has 1 aliphatic rings. The Balaban J connectivity index is 1.52. The Labute approximate surface area is 162 Å². The smallest absolute Gasteiger partial charge is 0.243 e. The van der Waals surface area contributed by atoms with Crippen molar-refractivity contribution in [3.63, 3.8) is 0 Å². The van der Waals surface area contributed by atoms with Crippen molar-refractivity contribution in [1.29, 1.82) is 0 Å². The van der Waals surface area contributed by atoms with Gasteiger partial charge in [-0.25, -0.2) is 23.1 Å². The number of methoxy groups -OCH3 is 1. The van der Waals surface area contributed by atoms with Gasteiger partial charge in [-0.05, 0) is 31.2 Å². The second-order valence-corrected chi connectivity index (χ2v) is 8.28. The van der Waals surface area contributed by atoms with E-state index >= 15 is 0 Å². The fraction of sp³-hybridized carbons (Fsp3) is 0.412. The highest BCUT2D eigenvalue weighted by Crippen LogP contribution is 2.24. The number of aryl methyl sites for hydroxylation is 1. The molecule has 1 saturated heterocycles. The first kappa shape index (κ1) is 18.6. The Morgan fingerprint density at radius 1 is 1.07 bits per heavy atom. The fourth-order valence-corrected chi connectivity index (χ4v) is 4.68. The standard InChI is InChI=1S/C17H21N7O3S/c1-3-24-17-15(20-21-24)16(18-12-19-17)22-8-10-23(11-9-22)28(25,26)14-6-4-13(27-2)5-7-14/h4-7,12H,3,8-11H2,1-2H3. The predicted octanol–water partition coefficient (Wildman–Crippen LogP) is 0.761. The molecule has 1 aromatic carbocycles. The quantitative estimate of drug-likeness (QED) is 0.615. The molecule has 1 aliphatic heterocycles. The lowest BCUT2D eigenvalue weighted by Gasteiger charge is -2.34. The van der Waals surface area contributed by atoms with Gasteiger partial charge in [-0.2, -0.15) is 4.31 Å². The Morgan fingerprint density at radius 3 is 2.43 bits per heavy atom. The monoisotopic (exact) mass is 403 g/mol. The average molecular weight is 403 g/mol. The van der Waals surface area contributed by atoms with Gasteiger partial charge in [0.2, 0.25) is 10.0 Å². The molecule has 0 radical (unpaired) electrons. The number of rotatable bonds is 5. The highest BCUT2D eigenvalue weighted by atomic mass is 32.2. The van der Waals surface area contributed by atoms with E-state index in [-0.39, 0.29) is 4.90 Å². The van der Waals surface area contributed by atoms with E-state index in [1.54, 1.807) is 36.1 Å². The van der Waals surface area contributed by atoms with Crippen molar-refractivity contribution in [1.82, 2.24) is 29.3 Å². The number of anilines is 1. The SMILES string of the molecule is CCn1nnc2c(N3CCN(S(=O)(=O)c4ccc(OC)cc4)CC3)ncnc21. The van der Waals surface area contributed by atoms with Crippen LogP contribution in [0.1, 0.15) is 6.92 Å². The van der Waals surface area contributed by atoms with Crippen LogP contribution in [0.3, 0.4) is 0 Å². The van der Waals surface area contributed by atoms with Crippen LogP contribution in [0.15, 0.2) is 35.5 Å². The van der Waals surface area contributed by atoms with Crippen molar-refractivity contribution in [3.05, 3.63) is 30.6 Å². The van der Waals surface area contributed by atoms with E-state index in [0.717, 1.165) is 0 Å². The zero-order chi connectivity index (χ0) is 19.7. The number of hydrogen-bond acceptors (Lipinski definition) is 8. The van der Waals surface area contributed by atoms with Crippen LogP contribution in [0.25, 0.3) is 11.2 Å². The van der Waals surface area contributed by atoms with Gasteiger partial charge in [0.25, 0.3) is 0 Å². The van der Waals surface area contributed by atoms with Gasteiger partial charge in [-0.3, -0.25) is 0 Å². The third kappa shape index (κ3) is 3.16.